The lowest BCUT2D eigenvalue weighted by Gasteiger charge is -2.14. The lowest BCUT2D eigenvalue weighted by Crippen LogP contribution is -2.07. The number of nitrogens with zero attached hydrogens (tertiary/aromatic N) is 1. The number of carbonyl (C=O) groups is 1. The number of esters is 1. The highest BCUT2D eigenvalue weighted by molar-refractivity contribution is 5.92. The Morgan fingerprint density at radius 2 is 2.04 bits per heavy atom. The number of hydrogen-bond donors (Lipinski definition) is 0. The van der Waals surface area contributed by atoms with Gasteiger partial charge < -0.3 is 14.2 Å². The van der Waals surface area contributed by atoms with Crippen LogP contribution >= 0.6 is 0 Å². The van der Waals surface area contributed by atoms with Crippen LogP contribution in [0, 0.1) is 0 Å². The number of methoxy groups -OCH3 is 1. The van der Waals surface area contributed by atoms with Gasteiger partial charge >= 0.3 is 5.97 Å². The van der Waals surface area contributed by atoms with Crippen molar-refractivity contribution < 1.29 is 19.0 Å². The number of benzene rings is 1. The van der Waals surface area contributed by atoms with E-state index in [1.54, 1.807) is 24.4 Å². The van der Waals surface area contributed by atoms with Crippen LogP contribution in [0.3, 0.4) is 0 Å². The molecule has 2 rings (SSSR count). The average Bonchev–Trinajstić information content (AvgIpc) is 2.62. The molecule has 0 aliphatic carbocycles. The second-order valence-electron chi connectivity index (χ2n) is 5.38. The van der Waals surface area contributed by atoms with Gasteiger partial charge in [0.1, 0.15) is 17.1 Å². The predicted molar refractivity (Wildman–Crippen MR) is 91.7 cm³/mol. The molecule has 0 aliphatic rings. The van der Waals surface area contributed by atoms with E-state index in [1.807, 2.05) is 25.1 Å². The van der Waals surface area contributed by atoms with Crippen LogP contribution in [-0.4, -0.2) is 31.3 Å². The summed E-state index contributed by atoms with van der Waals surface area (Å²) in [6.45, 7) is 5.01. The molecule has 0 saturated heterocycles. The van der Waals surface area contributed by atoms with Crippen LogP contribution in [0.15, 0.2) is 42.6 Å². The van der Waals surface area contributed by atoms with Gasteiger partial charge in [0.2, 0.25) is 0 Å². The minimum atomic E-state index is -0.422. The van der Waals surface area contributed by atoms with Crippen molar-refractivity contribution >= 4 is 5.97 Å². The Bertz CT molecular complexity index is 658. The number of aromatic nitrogens is 1. The summed E-state index contributed by atoms with van der Waals surface area (Å²) < 4.78 is 16.1. The van der Waals surface area contributed by atoms with Crippen molar-refractivity contribution in [1.82, 2.24) is 4.98 Å². The van der Waals surface area contributed by atoms with Crippen molar-refractivity contribution in [2.24, 2.45) is 0 Å². The molecule has 0 bridgehead atoms. The van der Waals surface area contributed by atoms with Crippen molar-refractivity contribution in [3.63, 3.8) is 0 Å². The minimum absolute atomic E-state index is 0.312. The van der Waals surface area contributed by atoms with Crippen molar-refractivity contribution in [2.45, 2.75) is 26.2 Å². The maximum Gasteiger partial charge on any atom is 0.341 e. The number of carbonyl (C=O) groups excluding carboxylic acids is 1. The van der Waals surface area contributed by atoms with Crippen LogP contribution in [-0.2, 0) is 4.74 Å². The van der Waals surface area contributed by atoms with Gasteiger partial charge in [-0.25, -0.2) is 4.79 Å². The zero-order valence-corrected chi connectivity index (χ0v) is 14.3. The lowest BCUT2D eigenvalue weighted by molar-refractivity contribution is 0.0596. The van der Waals surface area contributed by atoms with E-state index in [1.165, 1.54) is 7.11 Å². The second-order valence-corrected chi connectivity index (χ2v) is 5.38. The summed E-state index contributed by atoms with van der Waals surface area (Å²) in [6, 6.07) is 11.0. The fourth-order valence-electron chi connectivity index (χ4n) is 2.31. The molecule has 0 fully saturated rings. The van der Waals surface area contributed by atoms with Gasteiger partial charge in [-0.2, -0.15) is 0 Å². The molecule has 0 N–H and O–H groups in total. The van der Waals surface area contributed by atoms with Crippen LogP contribution in [0.4, 0.5) is 0 Å². The third kappa shape index (κ3) is 4.72. The molecule has 0 spiro atoms. The number of ether oxygens (including phenoxy) is 3. The van der Waals surface area contributed by atoms with E-state index in [0.29, 0.717) is 36.2 Å². The molecule has 5 nitrogen and oxygen atoms in total. The van der Waals surface area contributed by atoms with Gasteiger partial charge in [0, 0.05) is 23.9 Å². The number of pyridine rings is 1. The number of hydrogen-bond acceptors (Lipinski definition) is 5. The fourth-order valence-corrected chi connectivity index (χ4v) is 2.31. The summed E-state index contributed by atoms with van der Waals surface area (Å²) in [6.07, 6.45) is 2.65. The Labute approximate surface area is 142 Å². The molecule has 1 aromatic heterocycles. The van der Waals surface area contributed by atoms with Gasteiger partial charge in [-0.05, 0) is 37.6 Å². The van der Waals surface area contributed by atoms with Crippen molar-refractivity contribution in [1.29, 1.82) is 0 Å². The summed E-state index contributed by atoms with van der Waals surface area (Å²) in [5, 5.41) is 0. The summed E-state index contributed by atoms with van der Waals surface area (Å²) in [4.78, 5) is 16.1. The molecule has 0 saturated carbocycles. The molecule has 1 unspecified atom stereocenters. The Kier molecular flexibility index (Phi) is 6.61. The number of rotatable bonds is 8. The van der Waals surface area contributed by atoms with Crippen molar-refractivity contribution in [2.75, 3.05) is 20.3 Å². The van der Waals surface area contributed by atoms with Gasteiger partial charge in [0.05, 0.1) is 20.3 Å². The van der Waals surface area contributed by atoms with Gasteiger partial charge in [-0.1, -0.05) is 13.0 Å². The van der Waals surface area contributed by atoms with E-state index in [9.17, 15) is 4.79 Å². The third-order valence-electron chi connectivity index (χ3n) is 3.67. The normalized spacial score (nSPS) is 11.6. The molecule has 0 radical (unpaired) electrons. The summed E-state index contributed by atoms with van der Waals surface area (Å²) in [5.41, 5.74) is 1.45. The molecule has 128 valence electrons. The third-order valence-corrected chi connectivity index (χ3v) is 3.67. The van der Waals surface area contributed by atoms with Crippen LogP contribution in [0.5, 0.6) is 11.5 Å². The highest BCUT2D eigenvalue weighted by Gasteiger charge is 2.14. The van der Waals surface area contributed by atoms with Gasteiger partial charge in [-0.15, -0.1) is 0 Å². The van der Waals surface area contributed by atoms with Crippen LogP contribution in [0.2, 0.25) is 0 Å². The first-order chi connectivity index (χ1) is 11.7. The van der Waals surface area contributed by atoms with Gasteiger partial charge in [0.15, 0.2) is 0 Å². The van der Waals surface area contributed by atoms with E-state index >= 15 is 0 Å². The molecular weight excluding hydrogens is 306 g/mol. The smallest absolute Gasteiger partial charge is 0.341 e. The SMILES string of the molecule is CCOc1cc(OCCC(C)c2ccccn2)ccc1C(=O)OC. The predicted octanol–water partition coefficient (Wildman–Crippen LogP) is 3.84. The monoisotopic (exact) mass is 329 g/mol. The van der Waals surface area contributed by atoms with E-state index in [-0.39, 0.29) is 0 Å². The highest BCUT2D eigenvalue weighted by Crippen LogP contribution is 2.26. The zero-order valence-electron chi connectivity index (χ0n) is 14.3. The Morgan fingerprint density at radius 3 is 2.71 bits per heavy atom. The average molecular weight is 329 g/mol. The van der Waals surface area contributed by atoms with E-state index in [4.69, 9.17) is 14.2 Å². The minimum Gasteiger partial charge on any atom is -0.493 e. The van der Waals surface area contributed by atoms with E-state index in [2.05, 4.69) is 11.9 Å². The summed E-state index contributed by atoms with van der Waals surface area (Å²) in [7, 11) is 1.35. The standard InChI is InChI=1S/C19H23NO4/c1-4-23-18-13-15(8-9-16(18)19(21)22-3)24-12-10-14(2)17-7-5-6-11-20-17/h5-9,11,13-14H,4,10,12H2,1-3H3. The van der Waals surface area contributed by atoms with Crippen LogP contribution in [0.1, 0.15) is 42.2 Å². The quantitative estimate of drug-likeness (QED) is 0.689. The maximum absolute atomic E-state index is 11.7. The van der Waals surface area contributed by atoms with Crippen LogP contribution in [0.25, 0.3) is 0 Å². The molecule has 1 heterocycles. The van der Waals surface area contributed by atoms with Gasteiger partial charge in [0.25, 0.3) is 0 Å². The summed E-state index contributed by atoms with van der Waals surface area (Å²) in [5.74, 6) is 1.03. The van der Waals surface area contributed by atoms with E-state index < -0.39 is 5.97 Å². The maximum atomic E-state index is 11.7. The molecule has 1 atom stereocenters. The first-order valence-electron chi connectivity index (χ1n) is 8.04. The topological polar surface area (TPSA) is 57.7 Å². The van der Waals surface area contributed by atoms with Gasteiger partial charge in [-0.3, -0.25) is 4.98 Å². The zero-order chi connectivity index (χ0) is 17.4. The Balaban J connectivity index is 1.97. The molecule has 2 aromatic rings. The van der Waals surface area contributed by atoms with E-state index in [0.717, 1.165) is 12.1 Å². The summed E-state index contributed by atoms with van der Waals surface area (Å²) >= 11 is 0. The largest absolute Gasteiger partial charge is 0.493 e. The van der Waals surface area contributed by atoms with Crippen LogP contribution < -0.4 is 9.47 Å². The molecule has 0 amide bonds. The Hall–Kier alpha value is -2.56. The molecule has 0 aliphatic heterocycles. The first kappa shape index (κ1) is 17.8. The molecule has 1 aromatic carbocycles. The lowest BCUT2D eigenvalue weighted by atomic mass is 10.0. The first-order valence-corrected chi connectivity index (χ1v) is 8.04. The van der Waals surface area contributed by atoms with Crippen molar-refractivity contribution in [3.05, 3.63) is 53.9 Å². The highest BCUT2D eigenvalue weighted by atomic mass is 16.5. The molecule has 24 heavy (non-hydrogen) atoms. The second kappa shape index (κ2) is 8.91. The fraction of sp³-hybridized carbons (Fsp3) is 0.368. The molecular formula is C19H23NO4. The van der Waals surface area contributed by atoms with Crippen molar-refractivity contribution in [3.8, 4) is 11.5 Å². The Morgan fingerprint density at radius 1 is 1.21 bits per heavy atom. The molecule has 5 heteroatoms.